The third-order valence-corrected chi connectivity index (χ3v) is 4.45. The quantitative estimate of drug-likeness (QED) is 0.897. The minimum absolute atomic E-state index is 0.0309. The topological polar surface area (TPSA) is 38.5 Å². The molecule has 0 amide bonds. The van der Waals surface area contributed by atoms with Crippen molar-refractivity contribution >= 4 is 0 Å². The van der Waals surface area contributed by atoms with Gasteiger partial charge in [-0.05, 0) is 30.4 Å². The van der Waals surface area contributed by atoms with Crippen LogP contribution in [0.1, 0.15) is 37.8 Å². The zero-order valence-electron chi connectivity index (χ0n) is 13.1. The van der Waals surface area contributed by atoms with E-state index in [0.29, 0.717) is 12.5 Å². The molecule has 0 saturated carbocycles. The molecule has 1 aromatic rings. The van der Waals surface area contributed by atoms with Gasteiger partial charge in [0.1, 0.15) is 0 Å². The van der Waals surface area contributed by atoms with Crippen molar-refractivity contribution in [2.45, 2.75) is 38.6 Å². The van der Waals surface area contributed by atoms with Crippen molar-refractivity contribution in [3.05, 3.63) is 35.4 Å². The Kier molecular flexibility index (Phi) is 5.19. The standard InChI is InChI=1S/C17H28N2O/c1-14(2)16-6-4-15(5-7-16)12-17(3,13-18)19-8-10-20-11-9-19/h4-7,14H,8-13,18H2,1-3H3. The lowest BCUT2D eigenvalue weighted by molar-refractivity contribution is -0.0132. The van der Waals surface area contributed by atoms with Crippen LogP contribution >= 0.6 is 0 Å². The Bertz CT molecular complexity index is 410. The zero-order valence-corrected chi connectivity index (χ0v) is 13.1. The first-order valence-electron chi connectivity index (χ1n) is 7.67. The SMILES string of the molecule is CC(C)c1ccc(CC(C)(CN)N2CCOCC2)cc1. The maximum atomic E-state index is 6.08. The van der Waals surface area contributed by atoms with Gasteiger partial charge in [-0.1, -0.05) is 38.1 Å². The Morgan fingerprint density at radius 1 is 1.20 bits per heavy atom. The summed E-state index contributed by atoms with van der Waals surface area (Å²) in [5.41, 5.74) is 8.88. The highest BCUT2D eigenvalue weighted by atomic mass is 16.5. The molecule has 1 fully saturated rings. The molecule has 112 valence electrons. The van der Waals surface area contributed by atoms with Gasteiger partial charge in [0.25, 0.3) is 0 Å². The Hall–Kier alpha value is -0.900. The second-order valence-electron chi connectivity index (χ2n) is 6.37. The maximum Gasteiger partial charge on any atom is 0.0594 e. The molecular formula is C17H28N2O. The van der Waals surface area contributed by atoms with E-state index in [4.69, 9.17) is 10.5 Å². The van der Waals surface area contributed by atoms with Crippen molar-refractivity contribution in [3.63, 3.8) is 0 Å². The van der Waals surface area contributed by atoms with Gasteiger partial charge in [0.05, 0.1) is 13.2 Å². The minimum Gasteiger partial charge on any atom is -0.379 e. The van der Waals surface area contributed by atoms with E-state index >= 15 is 0 Å². The second kappa shape index (κ2) is 6.70. The summed E-state index contributed by atoms with van der Waals surface area (Å²) >= 11 is 0. The molecule has 1 aliphatic rings. The van der Waals surface area contributed by atoms with Crippen molar-refractivity contribution in [2.75, 3.05) is 32.8 Å². The number of nitrogens with zero attached hydrogens (tertiary/aromatic N) is 1. The van der Waals surface area contributed by atoms with E-state index in [1.54, 1.807) is 0 Å². The van der Waals surface area contributed by atoms with E-state index in [1.807, 2.05) is 0 Å². The number of benzene rings is 1. The third kappa shape index (κ3) is 3.60. The number of morpholine rings is 1. The molecule has 20 heavy (non-hydrogen) atoms. The van der Waals surface area contributed by atoms with Crippen molar-refractivity contribution in [1.82, 2.24) is 4.90 Å². The summed E-state index contributed by atoms with van der Waals surface area (Å²) in [5.74, 6) is 0.587. The molecule has 0 bridgehead atoms. The van der Waals surface area contributed by atoms with Crippen LogP contribution in [-0.4, -0.2) is 43.3 Å². The molecule has 1 saturated heterocycles. The predicted molar refractivity (Wildman–Crippen MR) is 84.1 cm³/mol. The van der Waals surface area contributed by atoms with Gasteiger partial charge in [0.15, 0.2) is 0 Å². The first-order chi connectivity index (χ1) is 9.55. The molecule has 2 rings (SSSR count). The molecule has 1 aromatic carbocycles. The van der Waals surface area contributed by atoms with Crippen LogP contribution in [0.3, 0.4) is 0 Å². The predicted octanol–water partition coefficient (Wildman–Crippen LogP) is 2.40. The van der Waals surface area contributed by atoms with E-state index in [-0.39, 0.29) is 5.54 Å². The molecule has 0 radical (unpaired) electrons. The summed E-state index contributed by atoms with van der Waals surface area (Å²) in [6.07, 6.45) is 1.00. The fraction of sp³-hybridized carbons (Fsp3) is 0.647. The highest BCUT2D eigenvalue weighted by Gasteiger charge is 2.31. The zero-order chi connectivity index (χ0) is 14.6. The van der Waals surface area contributed by atoms with E-state index < -0.39 is 0 Å². The van der Waals surface area contributed by atoms with E-state index in [0.717, 1.165) is 32.7 Å². The molecule has 2 N–H and O–H groups in total. The fourth-order valence-electron chi connectivity index (χ4n) is 2.88. The van der Waals surface area contributed by atoms with Gasteiger partial charge < -0.3 is 10.5 Å². The van der Waals surface area contributed by atoms with Gasteiger partial charge in [-0.15, -0.1) is 0 Å². The lowest BCUT2D eigenvalue weighted by Gasteiger charge is -2.43. The first-order valence-corrected chi connectivity index (χ1v) is 7.67. The average molecular weight is 276 g/mol. The fourth-order valence-corrected chi connectivity index (χ4v) is 2.88. The van der Waals surface area contributed by atoms with Crippen LogP contribution < -0.4 is 5.73 Å². The smallest absolute Gasteiger partial charge is 0.0594 e. The van der Waals surface area contributed by atoms with Crippen LogP contribution in [0.4, 0.5) is 0 Å². The number of hydrogen-bond donors (Lipinski definition) is 1. The monoisotopic (exact) mass is 276 g/mol. The van der Waals surface area contributed by atoms with Crippen molar-refractivity contribution in [2.24, 2.45) is 5.73 Å². The molecule has 0 spiro atoms. The lowest BCUT2D eigenvalue weighted by Crippen LogP contribution is -2.56. The molecule has 1 atom stereocenters. The highest BCUT2D eigenvalue weighted by molar-refractivity contribution is 5.26. The number of rotatable bonds is 5. The Balaban J connectivity index is 2.08. The summed E-state index contributed by atoms with van der Waals surface area (Å²) < 4.78 is 5.45. The molecule has 3 nitrogen and oxygen atoms in total. The molecular weight excluding hydrogens is 248 g/mol. The van der Waals surface area contributed by atoms with E-state index in [1.165, 1.54) is 11.1 Å². The normalized spacial score (nSPS) is 20.1. The van der Waals surface area contributed by atoms with Gasteiger partial charge in [0.2, 0.25) is 0 Å². The van der Waals surface area contributed by atoms with Crippen LogP contribution in [0.15, 0.2) is 24.3 Å². The Morgan fingerprint density at radius 2 is 1.80 bits per heavy atom. The molecule has 0 aliphatic carbocycles. The summed E-state index contributed by atoms with van der Waals surface area (Å²) in [4.78, 5) is 2.48. The molecule has 1 unspecified atom stereocenters. The summed E-state index contributed by atoms with van der Waals surface area (Å²) in [5, 5.41) is 0. The highest BCUT2D eigenvalue weighted by Crippen LogP contribution is 2.23. The maximum absolute atomic E-state index is 6.08. The Labute approximate surface area is 123 Å². The lowest BCUT2D eigenvalue weighted by atomic mass is 9.89. The summed E-state index contributed by atoms with van der Waals surface area (Å²) in [7, 11) is 0. The largest absolute Gasteiger partial charge is 0.379 e. The van der Waals surface area contributed by atoms with E-state index in [9.17, 15) is 0 Å². The summed E-state index contributed by atoms with van der Waals surface area (Å²) in [6.45, 7) is 11.0. The number of hydrogen-bond acceptors (Lipinski definition) is 3. The number of nitrogens with two attached hydrogens (primary N) is 1. The second-order valence-corrected chi connectivity index (χ2v) is 6.37. The van der Waals surface area contributed by atoms with E-state index in [2.05, 4.69) is 49.9 Å². The van der Waals surface area contributed by atoms with Gasteiger partial charge in [-0.2, -0.15) is 0 Å². The summed E-state index contributed by atoms with van der Waals surface area (Å²) in [6, 6.07) is 9.00. The van der Waals surface area contributed by atoms with Crippen molar-refractivity contribution in [1.29, 1.82) is 0 Å². The van der Waals surface area contributed by atoms with Gasteiger partial charge in [-0.25, -0.2) is 0 Å². The van der Waals surface area contributed by atoms with Crippen LogP contribution in [0.25, 0.3) is 0 Å². The molecule has 1 aliphatic heterocycles. The molecule has 3 heteroatoms. The minimum atomic E-state index is 0.0309. The third-order valence-electron chi connectivity index (χ3n) is 4.45. The average Bonchev–Trinajstić information content (AvgIpc) is 2.48. The van der Waals surface area contributed by atoms with Crippen molar-refractivity contribution in [3.8, 4) is 0 Å². The Morgan fingerprint density at radius 3 is 2.30 bits per heavy atom. The van der Waals surface area contributed by atoms with Crippen LogP contribution in [0.2, 0.25) is 0 Å². The van der Waals surface area contributed by atoms with Crippen LogP contribution in [0.5, 0.6) is 0 Å². The van der Waals surface area contributed by atoms with Gasteiger partial charge in [0, 0.05) is 25.2 Å². The molecule has 0 aromatic heterocycles. The van der Waals surface area contributed by atoms with Gasteiger partial charge >= 0.3 is 0 Å². The molecule has 1 heterocycles. The first kappa shape index (κ1) is 15.5. The van der Waals surface area contributed by atoms with Crippen molar-refractivity contribution < 1.29 is 4.74 Å². The van der Waals surface area contributed by atoms with Crippen LogP contribution in [-0.2, 0) is 11.2 Å². The number of ether oxygens (including phenoxy) is 1. The van der Waals surface area contributed by atoms with Gasteiger partial charge in [-0.3, -0.25) is 4.90 Å². The van der Waals surface area contributed by atoms with Crippen LogP contribution in [0, 0.1) is 0 Å².